The highest BCUT2D eigenvalue weighted by Gasteiger charge is 2.07. The monoisotopic (exact) mass is 360 g/mol. The third-order valence-corrected chi connectivity index (χ3v) is 5.38. The van der Waals surface area contributed by atoms with Crippen LogP contribution in [0.1, 0.15) is 117 Å². The quantitative estimate of drug-likeness (QED) is 0.238. The fourth-order valence-corrected chi connectivity index (χ4v) is 3.60. The fourth-order valence-electron chi connectivity index (χ4n) is 3.60. The number of para-hydroxylation sites is 1. The summed E-state index contributed by atoms with van der Waals surface area (Å²) in [5.74, 6) is 1.02. The number of hydrogen-bond donors (Lipinski definition) is 0. The maximum absolute atomic E-state index is 6.08. The zero-order valence-corrected chi connectivity index (χ0v) is 17.7. The minimum atomic E-state index is 0.384. The maximum Gasteiger partial charge on any atom is 0.119 e. The average molecular weight is 361 g/mol. The van der Waals surface area contributed by atoms with Crippen molar-refractivity contribution in [3.63, 3.8) is 0 Å². The Bertz CT molecular complexity index is 386. The second-order valence-corrected chi connectivity index (χ2v) is 7.85. The molecule has 1 aromatic carbocycles. The first-order valence-electron chi connectivity index (χ1n) is 11.6. The van der Waals surface area contributed by atoms with Crippen LogP contribution in [0.2, 0.25) is 0 Å². The number of hydrogen-bond acceptors (Lipinski definition) is 1. The Morgan fingerprint density at radius 2 is 1.08 bits per heavy atom. The van der Waals surface area contributed by atoms with E-state index < -0.39 is 0 Å². The van der Waals surface area contributed by atoms with E-state index in [0.717, 1.165) is 12.2 Å². The van der Waals surface area contributed by atoms with Crippen molar-refractivity contribution in [2.45, 2.75) is 123 Å². The van der Waals surface area contributed by atoms with E-state index in [4.69, 9.17) is 4.74 Å². The van der Waals surface area contributed by atoms with Crippen molar-refractivity contribution < 1.29 is 4.74 Å². The molecule has 0 aromatic heterocycles. The highest BCUT2D eigenvalue weighted by atomic mass is 16.5. The Morgan fingerprint density at radius 3 is 1.54 bits per heavy atom. The molecule has 150 valence electrons. The highest BCUT2D eigenvalue weighted by molar-refractivity contribution is 5.21. The summed E-state index contributed by atoms with van der Waals surface area (Å²) in [6, 6.07) is 10.3. The molecule has 26 heavy (non-hydrogen) atoms. The molecule has 1 aromatic rings. The van der Waals surface area contributed by atoms with Gasteiger partial charge in [-0.15, -0.1) is 0 Å². The van der Waals surface area contributed by atoms with Gasteiger partial charge in [0.05, 0.1) is 6.10 Å². The molecule has 0 N–H and O–H groups in total. The summed E-state index contributed by atoms with van der Waals surface area (Å²) in [6.07, 6.45) is 22.6. The van der Waals surface area contributed by atoms with E-state index in [-0.39, 0.29) is 0 Å². The molecule has 0 saturated carbocycles. The first-order chi connectivity index (χ1) is 12.9. The van der Waals surface area contributed by atoms with Gasteiger partial charge in [-0.05, 0) is 31.4 Å². The first kappa shape index (κ1) is 23.1. The van der Waals surface area contributed by atoms with Crippen LogP contribution in [-0.2, 0) is 0 Å². The van der Waals surface area contributed by atoms with Gasteiger partial charge < -0.3 is 4.74 Å². The summed E-state index contributed by atoms with van der Waals surface area (Å²) in [5.41, 5.74) is 0. The topological polar surface area (TPSA) is 9.23 Å². The summed E-state index contributed by atoms with van der Waals surface area (Å²) in [4.78, 5) is 0. The summed E-state index contributed by atoms with van der Waals surface area (Å²) in [7, 11) is 0. The van der Waals surface area contributed by atoms with Crippen LogP contribution in [0, 0.1) is 0 Å². The molecule has 1 nitrogen and oxygen atoms in total. The lowest BCUT2D eigenvalue weighted by Crippen LogP contribution is -2.15. The molecule has 0 aliphatic carbocycles. The molecule has 0 radical (unpaired) electrons. The molecule has 0 saturated heterocycles. The van der Waals surface area contributed by atoms with Crippen LogP contribution >= 0.6 is 0 Å². The molecule has 0 aliphatic heterocycles. The Balaban J connectivity index is 1.85. The molecular weight excluding hydrogens is 316 g/mol. The van der Waals surface area contributed by atoms with Crippen LogP contribution < -0.4 is 4.74 Å². The normalized spacial score (nSPS) is 12.2. The molecule has 0 fully saturated rings. The second kappa shape index (κ2) is 17.4. The van der Waals surface area contributed by atoms with E-state index in [9.17, 15) is 0 Å². The number of ether oxygens (including phenoxy) is 1. The van der Waals surface area contributed by atoms with Crippen LogP contribution in [0.3, 0.4) is 0 Å². The standard InChI is InChI=1S/C25H44O/c1-3-5-6-7-8-9-10-11-12-13-14-15-16-18-21-24(4-2)26-25-22-19-17-20-23-25/h17,19-20,22-24H,3-16,18,21H2,1-2H3. The van der Waals surface area contributed by atoms with Crippen molar-refractivity contribution in [2.75, 3.05) is 0 Å². The zero-order chi connectivity index (χ0) is 18.7. The minimum Gasteiger partial charge on any atom is -0.490 e. The predicted octanol–water partition coefficient (Wildman–Crippen LogP) is 8.72. The Morgan fingerprint density at radius 1 is 0.615 bits per heavy atom. The van der Waals surface area contributed by atoms with Gasteiger partial charge in [0.2, 0.25) is 0 Å². The second-order valence-electron chi connectivity index (χ2n) is 7.85. The lowest BCUT2D eigenvalue weighted by molar-refractivity contribution is 0.182. The molecule has 0 aliphatic rings. The molecule has 0 heterocycles. The molecular formula is C25H44O. The van der Waals surface area contributed by atoms with Crippen LogP contribution in [0.5, 0.6) is 5.75 Å². The van der Waals surface area contributed by atoms with Gasteiger partial charge in [0, 0.05) is 0 Å². The molecule has 0 amide bonds. The molecule has 1 atom stereocenters. The molecule has 1 heteroatoms. The van der Waals surface area contributed by atoms with Crippen molar-refractivity contribution in [2.24, 2.45) is 0 Å². The SMILES string of the molecule is CCCCCCCCCCCCCCCCC(CC)Oc1ccccc1. The van der Waals surface area contributed by atoms with E-state index in [1.165, 1.54) is 96.3 Å². The van der Waals surface area contributed by atoms with Crippen molar-refractivity contribution >= 4 is 0 Å². The lowest BCUT2D eigenvalue weighted by Gasteiger charge is -2.17. The van der Waals surface area contributed by atoms with Gasteiger partial charge in [-0.2, -0.15) is 0 Å². The molecule has 1 rings (SSSR count). The predicted molar refractivity (Wildman–Crippen MR) is 116 cm³/mol. The summed E-state index contributed by atoms with van der Waals surface area (Å²) < 4.78 is 6.08. The largest absolute Gasteiger partial charge is 0.490 e. The van der Waals surface area contributed by atoms with Crippen LogP contribution in [0.25, 0.3) is 0 Å². The fraction of sp³-hybridized carbons (Fsp3) is 0.760. The third kappa shape index (κ3) is 13.3. The molecule has 0 bridgehead atoms. The van der Waals surface area contributed by atoms with Gasteiger partial charge in [0.15, 0.2) is 0 Å². The lowest BCUT2D eigenvalue weighted by atomic mass is 10.0. The van der Waals surface area contributed by atoms with Gasteiger partial charge in [-0.25, -0.2) is 0 Å². The van der Waals surface area contributed by atoms with Gasteiger partial charge in [0.1, 0.15) is 5.75 Å². The van der Waals surface area contributed by atoms with Crippen LogP contribution in [-0.4, -0.2) is 6.10 Å². The Kier molecular flexibility index (Phi) is 15.5. The van der Waals surface area contributed by atoms with E-state index in [1.54, 1.807) is 0 Å². The van der Waals surface area contributed by atoms with Gasteiger partial charge in [-0.3, -0.25) is 0 Å². The van der Waals surface area contributed by atoms with E-state index in [2.05, 4.69) is 38.1 Å². The van der Waals surface area contributed by atoms with E-state index in [1.807, 2.05) is 6.07 Å². The highest BCUT2D eigenvalue weighted by Crippen LogP contribution is 2.18. The number of benzene rings is 1. The number of rotatable bonds is 18. The third-order valence-electron chi connectivity index (χ3n) is 5.38. The van der Waals surface area contributed by atoms with Crippen molar-refractivity contribution in [1.29, 1.82) is 0 Å². The summed E-state index contributed by atoms with van der Waals surface area (Å²) in [6.45, 7) is 4.53. The van der Waals surface area contributed by atoms with Crippen molar-refractivity contribution in [1.82, 2.24) is 0 Å². The molecule has 0 spiro atoms. The van der Waals surface area contributed by atoms with E-state index in [0.29, 0.717) is 6.10 Å². The van der Waals surface area contributed by atoms with Crippen LogP contribution in [0.4, 0.5) is 0 Å². The zero-order valence-electron chi connectivity index (χ0n) is 17.7. The summed E-state index contributed by atoms with van der Waals surface area (Å²) in [5, 5.41) is 0. The van der Waals surface area contributed by atoms with Crippen LogP contribution in [0.15, 0.2) is 30.3 Å². The molecule has 1 unspecified atom stereocenters. The van der Waals surface area contributed by atoms with Crippen molar-refractivity contribution in [3.8, 4) is 5.75 Å². The van der Waals surface area contributed by atoms with E-state index >= 15 is 0 Å². The van der Waals surface area contributed by atoms with Crippen molar-refractivity contribution in [3.05, 3.63) is 30.3 Å². The minimum absolute atomic E-state index is 0.384. The summed E-state index contributed by atoms with van der Waals surface area (Å²) >= 11 is 0. The van der Waals surface area contributed by atoms with Gasteiger partial charge in [0.25, 0.3) is 0 Å². The first-order valence-corrected chi connectivity index (χ1v) is 11.6. The van der Waals surface area contributed by atoms with Gasteiger partial charge >= 0.3 is 0 Å². The maximum atomic E-state index is 6.08. The number of unbranched alkanes of at least 4 members (excludes halogenated alkanes) is 13. The average Bonchev–Trinajstić information content (AvgIpc) is 2.68. The van der Waals surface area contributed by atoms with Gasteiger partial charge in [-0.1, -0.05) is 116 Å². The smallest absolute Gasteiger partial charge is 0.119 e. The Labute approximate surface area is 163 Å². The Hall–Kier alpha value is -0.980.